The average Bonchev–Trinajstić information content (AvgIpc) is 2.38. The minimum Gasteiger partial charge on any atom is -0.384 e. The maximum Gasteiger partial charge on any atom is 0.251 e. The maximum atomic E-state index is 12.2. The molecule has 104 valence electrons. The van der Waals surface area contributed by atoms with Gasteiger partial charge in [-0.15, -0.1) is 0 Å². The number of carbonyl (C=O) groups excluding carboxylic acids is 1. The zero-order valence-electron chi connectivity index (χ0n) is 11.5. The van der Waals surface area contributed by atoms with Crippen LogP contribution < -0.4 is 11.1 Å². The fraction of sp³-hybridized carbons (Fsp3) is 0.571. The normalized spacial score (nSPS) is 23.1. The molecule has 1 amide bonds. The number of hydrogen-bond donors (Lipinski definition) is 2. The molecule has 3 N–H and O–H groups in total. The van der Waals surface area contributed by atoms with Gasteiger partial charge >= 0.3 is 0 Å². The number of nitrogens with one attached hydrogen (secondary N) is 1. The van der Waals surface area contributed by atoms with Gasteiger partial charge in [0.2, 0.25) is 0 Å². The minimum absolute atomic E-state index is 0.0372. The molecule has 0 atom stereocenters. The highest BCUT2D eigenvalue weighted by Crippen LogP contribution is 2.27. The van der Waals surface area contributed by atoms with Crippen molar-refractivity contribution in [2.75, 3.05) is 12.0 Å². The molecule has 1 saturated carbocycles. The summed E-state index contributed by atoms with van der Waals surface area (Å²) >= 11 is 1.93. The third-order valence-electron chi connectivity index (χ3n) is 3.58. The third kappa shape index (κ3) is 3.86. The standard InChI is InChI=1S/C14H21N3OS/c1-9-7-10(8-13(15)16-9)14(18)17-11-3-5-12(19-2)6-4-11/h7-8,11-12H,3-6H2,1-2H3,(H2,15,16)(H,17,18). The predicted octanol–water partition coefficient (Wildman–Crippen LogP) is 2.38. The molecule has 5 heteroatoms. The molecule has 0 spiro atoms. The monoisotopic (exact) mass is 279 g/mol. The van der Waals surface area contributed by atoms with E-state index < -0.39 is 0 Å². The van der Waals surface area contributed by atoms with E-state index in [1.807, 2.05) is 18.7 Å². The van der Waals surface area contributed by atoms with Crippen LogP contribution in [0.4, 0.5) is 5.82 Å². The Hall–Kier alpha value is -1.23. The Kier molecular flexibility index (Phi) is 4.69. The molecular formula is C14H21N3OS. The molecule has 0 aliphatic heterocycles. The summed E-state index contributed by atoms with van der Waals surface area (Å²) in [6, 6.07) is 3.71. The van der Waals surface area contributed by atoms with Gasteiger partial charge in [0.25, 0.3) is 5.91 Å². The Bertz CT molecular complexity index is 436. The molecule has 0 radical (unpaired) electrons. The number of nitrogens with zero attached hydrogens (tertiary/aromatic N) is 1. The number of aromatic nitrogens is 1. The summed E-state index contributed by atoms with van der Waals surface area (Å²) in [5.74, 6) is 0.362. The van der Waals surface area contributed by atoms with Crippen LogP contribution >= 0.6 is 11.8 Å². The highest BCUT2D eigenvalue weighted by atomic mass is 32.2. The quantitative estimate of drug-likeness (QED) is 0.891. The summed E-state index contributed by atoms with van der Waals surface area (Å²) in [7, 11) is 0. The van der Waals surface area contributed by atoms with Crippen molar-refractivity contribution in [2.45, 2.75) is 43.9 Å². The first-order valence-electron chi connectivity index (χ1n) is 6.66. The van der Waals surface area contributed by atoms with Gasteiger partial charge in [-0.25, -0.2) is 4.98 Å². The van der Waals surface area contributed by atoms with Gasteiger partial charge in [0.1, 0.15) is 5.82 Å². The molecule has 1 heterocycles. The number of nitrogens with two attached hydrogens (primary N) is 1. The first-order chi connectivity index (χ1) is 9.08. The minimum atomic E-state index is -0.0372. The van der Waals surface area contributed by atoms with Crippen LogP contribution in [-0.4, -0.2) is 28.4 Å². The molecule has 0 bridgehead atoms. The summed E-state index contributed by atoms with van der Waals surface area (Å²) in [6.45, 7) is 1.84. The Morgan fingerprint density at radius 3 is 2.63 bits per heavy atom. The van der Waals surface area contributed by atoms with E-state index in [1.54, 1.807) is 12.1 Å². The zero-order chi connectivity index (χ0) is 13.8. The summed E-state index contributed by atoms with van der Waals surface area (Å²) in [5.41, 5.74) is 7.06. The first kappa shape index (κ1) is 14.2. The number of nitrogen functional groups attached to an aromatic ring is 1. The Balaban J connectivity index is 1.94. The third-order valence-corrected chi connectivity index (χ3v) is 4.72. The van der Waals surface area contributed by atoms with Crippen LogP contribution in [0.1, 0.15) is 41.7 Å². The second kappa shape index (κ2) is 6.28. The van der Waals surface area contributed by atoms with E-state index >= 15 is 0 Å². The molecule has 19 heavy (non-hydrogen) atoms. The summed E-state index contributed by atoms with van der Waals surface area (Å²) < 4.78 is 0. The number of pyridine rings is 1. The van der Waals surface area contributed by atoms with Crippen LogP contribution in [0.2, 0.25) is 0 Å². The average molecular weight is 279 g/mol. The number of anilines is 1. The number of amides is 1. The Morgan fingerprint density at radius 2 is 2.05 bits per heavy atom. The van der Waals surface area contributed by atoms with Crippen LogP contribution in [0.25, 0.3) is 0 Å². The number of rotatable bonds is 3. The number of aryl methyl sites for hydroxylation is 1. The largest absolute Gasteiger partial charge is 0.384 e. The van der Waals surface area contributed by atoms with Crippen molar-refractivity contribution in [1.82, 2.24) is 10.3 Å². The smallest absolute Gasteiger partial charge is 0.251 e. The highest BCUT2D eigenvalue weighted by molar-refractivity contribution is 7.99. The van der Waals surface area contributed by atoms with Gasteiger partial charge < -0.3 is 11.1 Å². The topological polar surface area (TPSA) is 68.0 Å². The summed E-state index contributed by atoms with van der Waals surface area (Å²) in [5, 5.41) is 3.86. The lowest BCUT2D eigenvalue weighted by molar-refractivity contribution is 0.0928. The van der Waals surface area contributed by atoms with Gasteiger partial charge in [-0.2, -0.15) is 11.8 Å². The number of thioether (sulfide) groups is 1. The lowest BCUT2D eigenvalue weighted by Crippen LogP contribution is -2.38. The number of hydrogen-bond acceptors (Lipinski definition) is 4. The SMILES string of the molecule is CSC1CCC(NC(=O)c2cc(C)nc(N)c2)CC1. The predicted molar refractivity (Wildman–Crippen MR) is 80.4 cm³/mol. The van der Waals surface area contributed by atoms with E-state index in [1.165, 1.54) is 12.8 Å². The van der Waals surface area contributed by atoms with E-state index in [0.29, 0.717) is 17.4 Å². The van der Waals surface area contributed by atoms with E-state index in [4.69, 9.17) is 5.73 Å². The molecule has 2 rings (SSSR count). The highest BCUT2D eigenvalue weighted by Gasteiger charge is 2.22. The molecule has 1 fully saturated rings. The van der Waals surface area contributed by atoms with Crippen LogP contribution in [-0.2, 0) is 0 Å². The second-order valence-corrected chi connectivity index (χ2v) is 6.24. The molecule has 1 aliphatic rings. The Morgan fingerprint density at radius 1 is 1.37 bits per heavy atom. The molecule has 1 aliphatic carbocycles. The van der Waals surface area contributed by atoms with Crippen molar-refractivity contribution < 1.29 is 4.79 Å². The first-order valence-corrected chi connectivity index (χ1v) is 7.95. The molecule has 0 unspecified atom stereocenters. The Labute approximate surface area is 118 Å². The van der Waals surface area contributed by atoms with Crippen LogP contribution in [0.15, 0.2) is 12.1 Å². The van der Waals surface area contributed by atoms with Gasteiger partial charge in [0.15, 0.2) is 0 Å². The second-order valence-electron chi connectivity index (χ2n) is 5.10. The molecule has 0 saturated heterocycles. The van der Waals surface area contributed by atoms with E-state index in [2.05, 4.69) is 16.6 Å². The molecule has 4 nitrogen and oxygen atoms in total. The lowest BCUT2D eigenvalue weighted by Gasteiger charge is -2.28. The van der Waals surface area contributed by atoms with Crippen molar-refractivity contribution >= 4 is 23.5 Å². The van der Waals surface area contributed by atoms with E-state index in [-0.39, 0.29) is 5.91 Å². The van der Waals surface area contributed by atoms with Crippen LogP contribution in [0.3, 0.4) is 0 Å². The molecular weight excluding hydrogens is 258 g/mol. The zero-order valence-corrected chi connectivity index (χ0v) is 12.3. The lowest BCUT2D eigenvalue weighted by atomic mass is 9.94. The van der Waals surface area contributed by atoms with Gasteiger partial charge in [-0.3, -0.25) is 4.79 Å². The van der Waals surface area contributed by atoms with Gasteiger partial charge in [-0.1, -0.05) is 0 Å². The number of carbonyl (C=O) groups is 1. The van der Waals surface area contributed by atoms with Crippen molar-refractivity contribution in [3.63, 3.8) is 0 Å². The molecule has 0 aromatic carbocycles. The van der Waals surface area contributed by atoms with Crippen molar-refractivity contribution in [2.24, 2.45) is 0 Å². The summed E-state index contributed by atoms with van der Waals surface area (Å²) in [4.78, 5) is 16.2. The van der Waals surface area contributed by atoms with E-state index in [0.717, 1.165) is 23.8 Å². The molecule has 1 aromatic rings. The van der Waals surface area contributed by atoms with Crippen molar-refractivity contribution in [3.05, 3.63) is 23.4 Å². The summed E-state index contributed by atoms with van der Waals surface area (Å²) in [6.07, 6.45) is 6.66. The van der Waals surface area contributed by atoms with Crippen LogP contribution in [0, 0.1) is 6.92 Å². The fourth-order valence-electron chi connectivity index (χ4n) is 2.54. The fourth-order valence-corrected chi connectivity index (χ4v) is 3.28. The van der Waals surface area contributed by atoms with Crippen molar-refractivity contribution in [1.29, 1.82) is 0 Å². The van der Waals surface area contributed by atoms with Crippen molar-refractivity contribution in [3.8, 4) is 0 Å². The molecule has 1 aromatic heterocycles. The maximum absolute atomic E-state index is 12.2. The van der Waals surface area contributed by atoms with Gasteiger partial charge in [0.05, 0.1) is 0 Å². The van der Waals surface area contributed by atoms with Crippen LogP contribution in [0.5, 0.6) is 0 Å². The van der Waals surface area contributed by atoms with Gasteiger partial charge in [-0.05, 0) is 51.0 Å². The van der Waals surface area contributed by atoms with Gasteiger partial charge in [0, 0.05) is 22.5 Å². The van der Waals surface area contributed by atoms with E-state index in [9.17, 15) is 4.79 Å².